The fraction of sp³-hybridized carbons (Fsp3) is 0.0909. The lowest BCUT2D eigenvalue weighted by molar-refractivity contribution is 0.475. The lowest BCUT2D eigenvalue weighted by atomic mass is 10.3. The zero-order chi connectivity index (χ0) is 10.7. The number of phenols is 1. The monoisotopic (exact) mass is 218 g/mol. The van der Waals surface area contributed by atoms with Gasteiger partial charge in [-0.3, -0.25) is 0 Å². The van der Waals surface area contributed by atoms with Crippen LogP contribution in [0, 0.1) is 6.92 Å². The molecule has 1 N–H and O–H groups in total. The molecule has 0 aliphatic heterocycles. The Balaban J connectivity index is 2.15. The molecule has 0 spiro atoms. The molecule has 0 aliphatic rings. The molecule has 0 amide bonds. The van der Waals surface area contributed by atoms with Crippen molar-refractivity contribution in [2.24, 2.45) is 0 Å². The van der Waals surface area contributed by atoms with Crippen LogP contribution in [0.2, 0.25) is 0 Å². The Labute approximate surface area is 92.2 Å². The molecular formula is C11H10N2OS. The predicted molar refractivity (Wildman–Crippen MR) is 59.0 cm³/mol. The number of phenolic OH excluding ortho intramolecular Hbond substituents is 1. The molecular weight excluding hydrogens is 208 g/mol. The van der Waals surface area contributed by atoms with Crippen LogP contribution in [0.1, 0.15) is 5.69 Å². The van der Waals surface area contributed by atoms with E-state index in [1.165, 1.54) is 11.8 Å². The van der Waals surface area contributed by atoms with Crippen LogP contribution in [0.15, 0.2) is 46.3 Å². The van der Waals surface area contributed by atoms with Gasteiger partial charge in [0.2, 0.25) is 0 Å². The molecule has 0 fully saturated rings. The van der Waals surface area contributed by atoms with E-state index in [1.54, 1.807) is 12.1 Å². The van der Waals surface area contributed by atoms with E-state index in [2.05, 4.69) is 10.2 Å². The van der Waals surface area contributed by atoms with Gasteiger partial charge in [-0.1, -0.05) is 11.8 Å². The minimum atomic E-state index is 0.273. The third-order valence-electron chi connectivity index (χ3n) is 1.83. The number of aromatic nitrogens is 2. The fourth-order valence-corrected chi connectivity index (χ4v) is 1.81. The number of aryl methyl sites for hydroxylation is 1. The molecule has 0 atom stereocenters. The van der Waals surface area contributed by atoms with Gasteiger partial charge in [-0.15, -0.1) is 5.10 Å². The Morgan fingerprint density at radius 3 is 2.33 bits per heavy atom. The number of hydrogen-bond donors (Lipinski definition) is 1. The van der Waals surface area contributed by atoms with E-state index in [-0.39, 0.29) is 5.75 Å². The van der Waals surface area contributed by atoms with Gasteiger partial charge in [0.1, 0.15) is 10.8 Å². The van der Waals surface area contributed by atoms with Crippen molar-refractivity contribution in [2.45, 2.75) is 16.8 Å². The zero-order valence-electron chi connectivity index (χ0n) is 8.21. The predicted octanol–water partition coefficient (Wildman–Crippen LogP) is 2.64. The van der Waals surface area contributed by atoms with Gasteiger partial charge in [-0.2, -0.15) is 5.10 Å². The molecule has 2 aromatic rings. The highest BCUT2D eigenvalue weighted by Gasteiger charge is 1.99. The van der Waals surface area contributed by atoms with Crippen molar-refractivity contribution in [1.82, 2.24) is 10.2 Å². The van der Waals surface area contributed by atoms with Crippen molar-refractivity contribution in [2.75, 3.05) is 0 Å². The summed E-state index contributed by atoms with van der Waals surface area (Å²) in [5, 5.41) is 18.0. The Hall–Kier alpha value is -1.55. The molecule has 15 heavy (non-hydrogen) atoms. The summed E-state index contributed by atoms with van der Waals surface area (Å²) in [7, 11) is 0. The third-order valence-corrected chi connectivity index (χ3v) is 2.77. The molecule has 1 heterocycles. The van der Waals surface area contributed by atoms with Crippen LogP contribution in [-0.4, -0.2) is 15.3 Å². The lowest BCUT2D eigenvalue weighted by Gasteiger charge is -2.00. The lowest BCUT2D eigenvalue weighted by Crippen LogP contribution is -1.86. The summed E-state index contributed by atoms with van der Waals surface area (Å²) >= 11 is 1.52. The average molecular weight is 218 g/mol. The molecule has 0 radical (unpaired) electrons. The van der Waals surface area contributed by atoms with Crippen LogP contribution >= 0.6 is 11.8 Å². The summed E-state index contributed by atoms with van der Waals surface area (Å²) in [6.45, 7) is 1.90. The standard InChI is InChI=1S/C11H10N2OS/c1-8-2-7-11(13-12-8)15-10-5-3-9(14)4-6-10/h2-7,14H,1H3. The van der Waals surface area contributed by atoms with Crippen molar-refractivity contribution >= 4 is 11.8 Å². The van der Waals surface area contributed by atoms with E-state index in [9.17, 15) is 0 Å². The van der Waals surface area contributed by atoms with E-state index in [0.717, 1.165) is 15.6 Å². The second-order valence-electron chi connectivity index (χ2n) is 3.11. The molecule has 2 rings (SSSR count). The number of nitrogens with zero attached hydrogens (tertiary/aromatic N) is 2. The van der Waals surface area contributed by atoms with Crippen LogP contribution in [0.3, 0.4) is 0 Å². The van der Waals surface area contributed by atoms with Crippen molar-refractivity contribution in [3.05, 3.63) is 42.1 Å². The third kappa shape index (κ3) is 2.70. The first-order valence-electron chi connectivity index (χ1n) is 4.51. The first kappa shape index (κ1) is 9.98. The minimum Gasteiger partial charge on any atom is -0.508 e. The Kier molecular flexibility index (Phi) is 2.87. The van der Waals surface area contributed by atoms with Crippen LogP contribution < -0.4 is 0 Å². The number of aromatic hydroxyl groups is 1. The largest absolute Gasteiger partial charge is 0.508 e. The van der Waals surface area contributed by atoms with Crippen LogP contribution in [0.5, 0.6) is 5.75 Å². The molecule has 76 valence electrons. The summed E-state index contributed by atoms with van der Waals surface area (Å²) in [6, 6.07) is 10.9. The summed E-state index contributed by atoms with van der Waals surface area (Å²) in [5.74, 6) is 0.273. The van der Waals surface area contributed by atoms with Crippen molar-refractivity contribution < 1.29 is 5.11 Å². The normalized spacial score (nSPS) is 10.2. The van der Waals surface area contributed by atoms with Gasteiger partial charge in [-0.25, -0.2) is 0 Å². The van der Waals surface area contributed by atoms with Gasteiger partial charge < -0.3 is 5.11 Å². The summed E-state index contributed by atoms with van der Waals surface area (Å²) in [4.78, 5) is 1.03. The highest BCUT2D eigenvalue weighted by Crippen LogP contribution is 2.26. The van der Waals surface area contributed by atoms with Gasteiger partial charge in [0.15, 0.2) is 0 Å². The van der Waals surface area contributed by atoms with Gasteiger partial charge in [0.25, 0.3) is 0 Å². The van der Waals surface area contributed by atoms with Crippen LogP contribution in [-0.2, 0) is 0 Å². The SMILES string of the molecule is Cc1ccc(Sc2ccc(O)cc2)nn1. The molecule has 0 aliphatic carbocycles. The maximum absolute atomic E-state index is 9.12. The van der Waals surface area contributed by atoms with Gasteiger partial charge in [-0.05, 0) is 43.3 Å². The molecule has 4 heteroatoms. The second-order valence-corrected chi connectivity index (χ2v) is 4.20. The van der Waals surface area contributed by atoms with Gasteiger partial charge in [0.05, 0.1) is 5.69 Å². The van der Waals surface area contributed by atoms with Crippen LogP contribution in [0.25, 0.3) is 0 Å². The smallest absolute Gasteiger partial charge is 0.124 e. The van der Waals surface area contributed by atoms with E-state index in [4.69, 9.17) is 5.11 Å². The first-order valence-corrected chi connectivity index (χ1v) is 5.33. The number of hydrogen-bond acceptors (Lipinski definition) is 4. The number of rotatable bonds is 2. The quantitative estimate of drug-likeness (QED) is 0.841. The van der Waals surface area contributed by atoms with E-state index >= 15 is 0 Å². The molecule has 0 saturated carbocycles. The Bertz CT molecular complexity index is 396. The Morgan fingerprint density at radius 2 is 1.73 bits per heavy atom. The van der Waals surface area contributed by atoms with E-state index in [0.29, 0.717) is 0 Å². The average Bonchev–Trinajstić information content (AvgIpc) is 2.25. The highest BCUT2D eigenvalue weighted by molar-refractivity contribution is 7.99. The molecule has 0 bridgehead atoms. The van der Waals surface area contributed by atoms with Gasteiger partial charge >= 0.3 is 0 Å². The molecule has 3 nitrogen and oxygen atoms in total. The molecule has 1 aromatic carbocycles. The molecule has 1 aromatic heterocycles. The fourth-order valence-electron chi connectivity index (χ4n) is 1.08. The van der Waals surface area contributed by atoms with Crippen LogP contribution in [0.4, 0.5) is 0 Å². The highest BCUT2D eigenvalue weighted by atomic mass is 32.2. The van der Waals surface area contributed by atoms with Crippen molar-refractivity contribution in [3.63, 3.8) is 0 Å². The van der Waals surface area contributed by atoms with E-state index < -0.39 is 0 Å². The van der Waals surface area contributed by atoms with Crippen molar-refractivity contribution in [1.29, 1.82) is 0 Å². The van der Waals surface area contributed by atoms with Gasteiger partial charge in [0, 0.05) is 4.90 Å². The maximum atomic E-state index is 9.12. The van der Waals surface area contributed by atoms with Crippen molar-refractivity contribution in [3.8, 4) is 5.75 Å². The number of benzene rings is 1. The second kappa shape index (κ2) is 4.31. The summed E-state index contributed by atoms with van der Waals surface area (Å²) in [5.41, 5.74) is 0.907. The molecule has 0 unspecified atom stereocenters. The zero-order valence-corrected chi connectivity index (χ0v) is 9.03. The molecule has 0 saturated heterocycles. The van der Waals surface area contributed by atoms with E-state index in [1.807, 2.05) is 31.2 Å². The summed E-state index contributed by atoms with van der Waals surface area (Å²) in [6.07, 6.45) is 0. The summed E-state index contributed by atoms with van der Waals surface area (Å²) < 4.78 is 0. The Morgan fingerprint density at radius 1 is 1.00 bits per heavy atom. The topological polar surface area (TPSA) is 46.0 Å². The minimum absolute atomic E-state index is 0.273. The maximum Gasteiger partial charge on any atom is 0.124 e. The first-order chi connectivity index (χ1) is 7.24.